The second-order valence-corrected chi connectivity index (χ2v) is 8.15. The van der Waals surface area contributed by atoms with Gasteiger partial charge in [0.2, 0.25) is 11.8 Å². The van der Waals surface area contributed by atoms with Crippen LogP contribution in [0.5, 0.6) is 0 Å². The molecule has 2 aliphatic heterocycles. The average Bonchev–Trinajstić information content (AvgIpc) is 3.27. The lowest BCUT2D eigenvalue weighted by atomic mass is 9.82. The number of nitrogens with zero attached hydrogens (tertiary/aromatic N) is 5. The Balaban J connectivity index is 1.57. The maximum atomic E-state index is 12.6. The lowest BCUT2D eigenvalue weighted by molar-refractivity contribution is -0.132. The van der Waals surface area contributed by atoms with E-state index >= 15 is 0 Å². The molecule has 1 aromatic heterocycles. The molecule has 0 aromatic carbocycles. The number of carbonyl (C=O) groups excluding carboxylic acids is 2. The minimum Gasteiger partial charge on any atom is -0.396 e. The van der Waals surface area contributed by atoms with Crippen LogP contribution in [0.1, 0.15) is 24.2 Å². The number of fused-ring (bicyclic) bond motifs is 1. The number of hydrogen-bond acceptors (Lipinski definition) is 7. The second kappa shape index (κ2) is 7.93. The summed E-state index contributed by atoms with van der Waals surface area (Å²) in [5, 5.41) is 17.5. The summed E-state index contributed by atoms with van der Waals surface area (Å²) in [5.41, 5.74) is 0.756. The van der Waals surface area contributed by atoms with Gasteiger partial charge in [0, 0.05) is 43.9 Å². The summed E-state index contributed by atoms with van der Waals surface area (Å²) >= 11 is 0. The van der Waals surface area contributed by atoms with Crippen LogP contribution in [0, 0.1) is 18.3 Å². The van der Waals surface area contributed by atoms with Crippen LogP contribution in [0.2, 0.25) is 0 Å². The molecule has 9 heteroatoms. The first-order chi connectivity index (χ1) is 12.8. The highest BCUT2D eigenvalue weighted by Gasteiger charge is 2.54. The van der Waals surface area contributed by atoms with Crippen molar-refractivity contribution in [2.75, 3.05) is 53.4 Å². The number of hydrogen-bond donors (Lipinski definition) is 1. The van der Waals surface area contributed by atoms with Crippen molar-refractivity contribution in [2.45, 2.75) is 26.2 Å². The molecule has 0 saturated carbocycles. The summed E-state index contributed by atoms with van der Waals surface area (Å²) in [4.78, 5) is 30.8. The van der Waals surface area contributed by atoms with E-state index in [2.05, 4.69) is 19.8 Å². The smallest absolute Gasteiger partial charge is 0.228 e. The molecule has 0 spiro atoms. The molecule has 2 atom stereocenters. The number of amides is 2. The average molecular weight is 379 g/mol. The van der Waals surface area contributed by atoms with Crippen molar-refractivity contribution in [1.82, 2.24) is 25.0 Å². The molecule has 0 bridgehead atoms. The van der Waals surface area contributed by atoms with E-state index in [1.165, 1.54) is 0 Å². The molecule has 2 amide bonds. The topological polar surface area (TPSA) is 103 Å². The van der Waals surface area contributed by atoms with Gasteiger partial charge < -0.3 is 19.8 Å². The Morgan fingerprint density at radius 2 is 1.89 bits per heavy atom. The molecule has 0 unspecified atom stereocenters. The van der Waals surface area contributed by atoms with Crippen molar-refractivity contribution in [2.24, 2.45) is 11.3 Å². The minimum atomic E-state index is -0.413. The molecule has 0 aliphatic carbocycles. The first-order valence-corrected chi connectivity index (χ1v) is 9.44. The summed E-state index contributed by atoms with van der Waals surface area (Å²) < 4.78 is 4.65. The van der Waals surface area contributed by atoms with Gasteiger partial charge in [0.1, 0.15) is 11.4 Å². The number of likely N-dealkylation sites (tertiary alicyclic amines) is 2. The molecule has 1 aromatic rings. The third kappa shape index (κ3) is 4.14. The number of aliphatic hydroxyl groups excluding tert-OH is 1. The van der Waals surface area contributed by atoms with Crippen molar-refractivity contribution < 1.29 is 19.3 Å². The van der Waals surface area contributed by atoms with E-state index in [1.807, 2.05) is 19.0 Å². The summed E-state index contributed by atoms with van der Waals surface area (Å²) in [6.45, 7) is 4.77. The van der Waals surface area contributed by atoms with Crippen molar-refractivity contribution in [1.29, 1.82) is 0 Å². The summed E-state index contributed by atoms with van der Waals surface area (Å²) in [7, 11) is 3.99. The van der Waals surface area contributed by atoms with E-state index in [1.54, 1.807) is 11.8 Å². The quantitative estimate of drug-likeness (QED) is 0.684. The monoisotopic (exact) mass is 379 g/mol. The Kier molecular flexibility index (Phi) is 5.81. The van der Waals surface area contributed by atoms with Gasteiger partial charge >= 0.3 is 0 Å². The molecule has 2 saturated heterocycles. The van der Waals surface area contributed by atoms with Crippen molar-refractivity contribution in [3.05, 3.63) is 11.4 Å². The third-order valence-corrected chi connectivity index (χ3v) is 5.84. The normalized spacial score (nSPS) is 24.7. The standard InChI is InChI=1S/C18H29N5O4/c1-13-15(20-27-19-13)7-17(26)23-9-14-8-22(10-18(14,11-23)12-24)16(25)5-4-6-21(2)3/h14,24H,4-12H2,1-3H3/t14-,18+/m1/s1. The van der Waals surface area contributed by atoms with Crippen LogP contribution in [0.3, 0.4) is 0 Å². The number of rotatable bonds is 7. The molecule has 1 N–H and O–H groups in total. The van der Waals surface area contributed by atoms with E-state index < -0.39 is 5.41 Å². The minimum absolute atomic E-state index is 0.0204. The zero-order valence-corrected chi connectivity index (χ0v) is 16.3. The molecular weight excluding hydrogens is 350 g/mol. The predicted octanol–water partition coefficient (Wildman–Crippen LogP) is -0.458. The second-order valence-electron chi connectivity index (χ2n) is 8.15. The summed E-state index contributed by atoms with van der Waals surface area (Å²) in [5.74, 6) is 0.210. The van der Waals surface area contributed by atoms with Gasteiger partial charge in [-0.2, -0.15) is 0 Å². The van der Waals surface area contributed by atoms with E-state index in [4.69, 9.17) is 0 Å². The fourth-order valence-electron chi connectivity index (χ4n) is 4.15. The lowest BCUT2D eigenvalue weighted by Gasteiger charge is -2.27. The first-order valence-electron chi connectivity index (χ1n) is 9.44. The zero-order valence-electron chi connectivity index (χ0n) is 16.3. The number of carbonyl (C=O) groups is 2. The first kappa shape index (κ1) is 19.8. The van der Waals surface area contributed by atoms with E-state index in [0.717, 1.165) is 13.0 Å². The molecule has 2 fully saturated rings. The van der Waals surface area contributed by atoms with Gasteiger partial charge in [-0.3, -0.25) is 9.59 Å². The van der Waals surface area contributed by atoms with Crippen LogP contribution in [0.4, 0.5) is 0 Å². The number of aromatic nitrogens is 2. The Morgan fingerprint density at radius 1 is 1.22 bits per heavy atom. The molecule has 27 heavy (non-hydrogen) atoms. The largest absolute Gasteiger partial charge is 0.396 e. The fraction of sp³-hybridized carbons (Fsp3) is 0.778. The fourth-order valence-corrected chi connectivity index (χ4v) is 4.15. The Labute approximate surface area is 159 Å². The Morgan fingerprint density at radius 3 is 2.41 bits per heavy atom. The molecular formula is C18H29N5O4. The van der Waals surface area contributed by atoms with Gasteiger partial charge in [-0.25, -0.2) is 4.63 Å². The highest BCUT2D eigenvalue weighted by atomic mass is 16.6. The molecule has 150 valence electrons. The van der Waals surface area contributed by atoms with Gasteiger partial charge in [0.05, 0.1) is 13.0 Å². The Hall–Kier alpha value is -2.00. The van der Waals surface area contributed by atoms with Gasteiger partial charge in [-0.05, 0) is 34.0 Å². The molecule has 3 rings (SSSR count). The van der Waals surface area contributed by atoms with Crippen LogP contribution in [-0.4, -0.2) is 95.4 Å². The maximum absolute atomic E-state index is 12.6. The van der Waals surface area contributed by atoms with Crippen molar-refractivity contribution in [3.8, 4) is 0 Å². The summed E-state index contributed by atoms with van der Waals surface area (Å²) in [6.07, 6.45) is 1.50. The SMILES string of the molecule is Cc1nonc1CC(=O)N1C[C@H]2CN(C(=O)CCCN(C)C)C[C@@]2(CO)C1. The molecule has 2 aliphatic rings. The number of aliphatic hydroxyl groups is 1. The van der Waals surface area contributed by atoms with Crippen LogP contribution in [0.15, 0.2) is 4.63 Å². The van der Waals surface area contributed by atoms with Crippen molar-refractivity contribution in [3.63, 3.8) is 0 Å². The van der Waals surface area contributed by atoms with E-state index in [-0.39, 0.29) is 30.8 Å². The third-order valence-electron chi connectivity index (χ3n) is 5.84. The lowest BCUT2D eigenvalue weighted by Crippen LogP contribution is -2.41. The van der Waals surface area contributed by atoms with Crippen LogP contribution in [-0.2, 0) is 16.0 Å². The summed E-state index contributed by atoms with van der Waals surface area (Å²) in [6, 6.07) is 0. The van der Waals surface area contributed by atoms with Crippen molar-refractivity contribution >= 4 is 11.8 Å². The van der Waals surface area contributed by atoms with Gasteiger partial charge in [-0.15, -0.1) is 0 Å². The van der Waals surface area contributed by atoms with Gasteiger partial charge in [0.25, 0.3) is 0 Å². The van der Waals surface area contributed by atoms with Crippen LogP contribution in [0.25, 0.3) is 0 Å². The molecule has 9 nitrogen and oxygen atoms in total. The maximum Gasteiger partial charge on any atom is 0.228 e. The van der Waals surface area contributed by atoms with Crippen LogP contribution >= 0.6 is 0 Å². The van der Waals surface area contributed by atoms with Gasteiger partial charge in [0.15, 0.2) is 0 Å². The van der Waals surface area contributed by atoms with E-state index in [0.29, 0.717) is 44.0 Å². The predicted molar refractivity (Wildman–Crippen MR) is 96.7 cm³/mol. The highest BCUT2D eigenvalue weighted by Crippen LogP contribution is 2.42. The zero-order chi connectivity index (χ0) is 19.6. The highest BCUT2D eigenvalue weighted by molar-refractivity contribution is 5.79. The Bertz CT molecular complexity index is 691. The molecule has 0 radical (unpaired) electrons. The molecule has 3 heterocycles. The van der Waals surface area contributed by atoms with Gasteiger partial charge in [-0.1, -0.05) is 10.3 Å². The number of aryl methyl sites for hydroxylation is 1. The van der Waals surface area contributed by atoms with Crippen LogP contribution < -0.4 is 0 Å². The van der Waals surface area contributed by atoms with E-state index in [9.17, 15) is 14.7 Å².